The smallest absolute Gasteiger partial charge is 0.303 e. The minimum Gasteiger partial charge on any atom is -0.481 e. The molecule has 0 aromatic heterocycles. The molecule has 1 fully saturated rings. The number of carboxylic acid groups (broad SMARTS) is 1. The van der Waals surface area contributed by atoms with Gasteiger partial charge in [0.2, 0.25) is 0 Å². The van der Waals surface area contributed by atoms with E-state index in [1.165, 1.54) is 32.1 Å². The second-order valence-electron chi connectivity index (χ2n) is 7.23. The van der Waals surface area contributed by atoms with Crippen LogP contribution < -0.4 is 0 Å². The van der Waals surface area contributed by atoms with E-state index in [4.69, 9.17) is 5.11 Å². The van der Waals surface area contributed by atoms with Gasteiger partial charge in [0, 0.05) is 18.5 Å². The largest absolute Gasteiger partial charge is 0.481 e. The first-order valence-corrected chi connectivity index (χ1v) is 8.37. The summed E-state index contributed by atoms with van der Waals surface area (Å²) >= 11 is 0. The molecule has 0 amide bonds. The van der Waals surface area contributed by atoms with Gasteiger partial charge < -0.3 is 5.11 Å². The molecule has 3 heteroatoms. The molecular formula is C17H33NO2. The second-order valence-corrected chi connectivity index (χ2v) is 7.23. The fourth-order valence-corrected chi connectivity index (χ4v) is 3.56. The number of rotatable bonds is 8. The third-order valence-electron chi connectivity index (χ3n) is 4.32. The summed E-state index contributed by atoms with van der Waals surface area (Å²) in [6.45, 7) is 10.3. The summed E-state index contributed by atoms with van der Waals surface area (Å²) in [7, 11) is 0. The van der Waals surface area contributed by atoms with E-state index in [0.29, 0.717) is 30.3 Å². The molecule has 1 atom stereocenters. The maximum absolute atomic E-state index is 10.9. The lowest BCUT2D eigenvalue weighted by Crippen LogP contribution is -2.47. The van der Waals surface area contributed by atoms with E-state index in [0.717, 1.165) is 13.0 Å². The van der Waals surface area contributed by atoms with Gasteiger partial charge in [0.25, 0.3) is 0 Å². The molecule has 0 spiro atoms. The van der Waals surface area contributed by atoms with Gasteiger partial charge in [-0.15, -0.1) is 0 Å². The summed E-state index contributed by atoms with van der Waals surface area (Å²) in [5, 5.41) is 8.94. The standard InChI is InChI=1S/C17H33NO2/c1-13(2)11-16(12-14(3)4)18-10-6-5-7-15(18)8-9-17(19)20/h13-16H,5-12H2,1-4H3,(H,19,20). The van der Waals surface area contributed by atoms with E-state index in [1.807, 2.05) is 0 Å². The molecule has 0 aromatic carbocycles. The van der Waals surface area contributed by atoms with Crippen LogP contribution in [0.4, 0.5) is 0 Å². The third kappa shape index (κ3) is 6.25. The molecule has 1 N–H and O–H groups in total. The first-order chi connectivity index (χ1) is 9.40. The summed E-state index contributed by atoms with van der Waals surface area (Å²) in [6.07, 6.45) is 7.33. The molecule has 1 unspecified atom stereocenters. The molecule has 0 aliphatic carbocycles. The van der Waals surface area contributed by atoms with Crippen molar-refractivity contribution in [3.8, 4) is 0 Å². The number of aliphatic carboxylic acids is 1. The number of nitrogens with zero attached hydrogens (tertiary/aromatic N) is 1. The van der Waals surface area contributed by atoms with Crippen molar-refractivity contribution in [1.29, 1.82) is 0 Å². The van der Waals surface area contributed by atoms with Crippen LogP contribution in [0.15, 0.2) is 0 Å². The van der Waals surface area contributed by atoms with Crippen LogP contribution >= 0.6 is 0 Å². The van der Waals surface area contributed by atoms with Gasteiger partial charge in [-0.1, -0.05) is 34.1 Å². The maximum Gasteiger partial charge on any atom is 0.303 e. The summed E-state index contributed by atoms with van der Waals surface area (Å²) < 4.78 is 0. The Bertz CT molecular complexity index is 279. The summed E-state index contributed by atoms with van der Waals surface area (Å²) in [5.41, 5.74) is 0. The number of carbonyl (C=O) groups is 1. The van der Waals surface area contributed by atoms with E-state index in [-0.39, 0.29) is 0 Å². The van der Waals surface area contributed by atoms with Gasteiger partial charge in [-0.25, -0.2) is 0 Å². The maximum atomic E-state index is 10.9. The fourth-order valence-electron chi connectivity index (χ4n) is 3.56. The van der Waals surface area contributed by atoms with Crippen LogP contribution in [0.1, 0.15) is 72.6 Å². The monoisotopic (exact) mass is 283 g/mol. The highest BCUT2D eigenvalue weighted by Crippen LogP contribution is 2.28. The molecule has 0 saturated carbocycles. The third-order valence-corrected chi connectivity index (χ3v) is 4.32. The zero-order chi connectivity index (χ0) is 15.1. The van der Waals surface area contributed by atoms with Crippen molar-refractivity contribution in [2.24, 2.45) is 11.8 Å². The lowest BCUT2D eigenvalue weighted by Gasteiger charge is -2.42. The van der Waals surface area contributed by atoms with Gasteiger partial charge in [0.15, 0.2) is 0 Å². The Labute approximate surface area is 124 Å². The number of piperidine rings is 1. The fraction of sp³-hybridized carbons (Fsp3) is 0.941. The van der Waals surface area contributed by atoms with Gasteiger partial charge in [0.05, 0.1) is 0 Å². The van der Waals surface area contributed by atoms with Gasteiger partial charge in [-0.2, -0.15) is 0 Å². The van der Waals surface area contributed by atoms with Crippen molar-refractivity contribution in [2.75, 3.05) is 6.54 Å². The molecule has 0 radical (unpaired) electrons. The predicted molar refractivity (Wildman–Crippen MR) is 83.9 cm³/mol. The van der Waals surface area contributed by atoms with Crippen LogP contribution in [0.3, 0.4) is 0 Å². The van der Waals surface area contributed by atoms with Crippen molar-refractivity contribution in [3.63, 3.8) is 0 Å². The van der Waals surface area contributed by atoms with Gasteiger partial charge >= 0.3 is 5.97 Å². The first-order valence-electron chi connectivity index (χ1n) is 8.37. The predicted octanol–water partition coefficient (Wildman–Crippen LogP) is 4.17. The minimum atomic E-state index is -0.653. The summed E-state index contributed by atoms with van der Waals surface area (Å²) in [5.74, 6) is 0.765. The van der Waals surface area contributed by atoms with Crippen molar-refractivity contribution in [2.45, 2.75) is 84.7 Å². The van der Waals surface area contributed by atoms with Gasteiger partial charge in [-0.05, 0) is 50.5 Å². The van der Waals surface area contributed by atoms with Gasteiger partial charge in [-0.3, -0.25) is 9.69 Å². The Kier molecular flexibility index (Phi) is 7.57. The first kappa shape index (κ1) is 17.5. The molecule has 1 saturated heterocycles. The molecule has 1 rings (SSSR count). The van der Waals surface area contributed by atoms with Crippen molar-refractivity contribution in [3.05, 3.63) is 0 Å². The van der Waals surface area contributed by atoms with E-state index in [2.05, 4.69) is 32.6 Å². The average molecular weight is 283 g/mol. The number of hydrogen-bond acceptors (Lipinski definition) is 2. The lowest BCUT2D eigenvalue weighted by atomic mass is 9.89. The average Bonchev–Trinajstić information content (AvgIpc) is 2.34. The zero-order valence-electron chi connectivity index (χ0n) is 13.8. The van der Waals surface area contributed by atoms with E-state index < -0.39 is 5.97 Å². The molecule has 1 aliphatic heterocycles. The molecule has 20 heavy (non-hydrogen) atoms. The lowest BCUT2D eigenvalue weighted by molar-refractivity contribution is -0.137. The van der Waals surface area contributed by atoms with Crippen LogP contribution in [0, 0.1) is 11.8 Å². The van der Waals surface area contributed by atoms with Gasteiger partial charge in [0.1, 0.15) is 0 Å². The van der Waals surface area contributed by atoms with Crippen LogP contribution in [0.25, 0.3) is 0 Å². The van der Waals surface area contributed by atoms with E-state index in [1.54, 1.807) is 0 Å². The van der Waals surface area contributed by atoms with Crippen LogP contribution in [0.5, 0.6) is 0 Å². The Hall–Kier alpha value is -0.570. The Morgan fingerprint density at radius 1 is 1.15 bits per heavy atom. The molecule has 1 aliphatic rings. The highest BCUT2D eigenvalue weighted by molar-refractivity contribution is 5.66. The second kappa shape index (κ2) is 8.66. The summed E-state index contributed by atoms with van der Waals surface area (Å²) in [6, 6.07) is 1.12. The van der Waals surface area contributed by atoms with Crippen molar-refractivity contribution in [1.82, 2.24) is 4.90 Å². The van der Waals surface area contributed by atoms with Crippen LogP contribution in [-0.2, 0) is 4.79 Å². The molecule has 0 aromatic rings. The number of carboxylic acids is 1. The zero-order valence-corrected chi connectivity index (χ0v) is 13.8. The molecule has 3 nitrogen and oxygen atoms in total. The van der Waals surface area contributed by atoms with Crippen molar-refractivity contribution >= 4 is 5.97 Å². The normalized spacial score (nSPS) is 21.1. The Balaban J connectivity index is 2.68. The molecular weight excluding hydrogens is 250 g/mol. The van der Waals surface area contributed by atoms with Crippen molar-refractivity contribution < 1.29 is 9.90 Å². The molecule has 0 bridgehead atoms. The highest BCUT2D eigenvalue weighted by Gasteiger charge is 2.29. The highest BCUT2D eigenvalue weighted by atomic mass is 16.4. The van der Waals surface area contributed by atoms with E-state index >= 15 is 0 Å². The van der Waals surface area contributed by atoms with Crippen LogP contribution in [-0.4, -0.2) is 34.6 Å². The molecule has 118 valence electrons. The Morgan fingerprint density at radius 3 is 2.25 bits per heavy atom. The number of hydrogen-bond donors (Lipinski definition) is 1. The van der Waals surface area contributed by atoms with E-state index in [9.17, 15) is 4.79 Å². The quantitative estimate of drug-likeness (QED) is 0.727. The topological polar surface area (TPSA) is 40.5 Å². The SMILES string of the molecule is CC(C)CC(CC(C)C)N1CCCCC1CCC(=O)O. The van der Waals surface area contributed by atoms with Crippen LogP contribution in [0.2, 0.25) is 0 Å². The molecule has 1 heterocycles. The number of likely N-dealkylation sites (tertiary alicyclic amines) is 1. The summed E-state index contributed by atoms with van der Waals surface area (Å²) in [4.78, 5) is 13.5. The Morgan fingerprint density at radius 2 is 1.75 bits per heavy atom. The minimum absolute atomic E-state index is 0.317.